The lowest BCUT2D eigenvalue weighted by Gasteiger charge is -2.12. The van der Waals surface area contributed by atoms with Gasteiger partial charge in [-0.15, -0.1) is 0 Å². The summed E-state index contributed by atoms with van der Waals surface area (Å²) in [5, 5.41) is 2.43. The van der Waals surface area contributed by atoms with E-state index in [0.717, 1.165) is 6.07 Å². The largest absolute Gasteiger partial charge is 0.417 e. The Hall–Kier alpha value is -2.68. The summed E-state index contributed by atoms with van der Waals surface area (Å²) in [5.41, 5.74) is -0.599. The van der Waals surface area contributed by atoms with E-state index in [-0.39, 0.29) is 15.7 Å². The number of rotatable bonds is 3. The maximum atomic E-state index is 12.9. The highest BCUT2D eigenvalue weighted by atomic mass is 79.9. The monoisotopic (exact) mass is 410 g/mol. The molecule has 2 heterocycles. The van der Waals surface area contributed by atoms with Crippen molar-refractivity contribution in [1.29, 1.82) is 0 Å². The third-order valence-electron chi connectivity index (χ3n) is 3.31. The SMILES string of the molecule is O=C(Nc1ccc(Br)c(C(F)(F)F)c1)c1ccc(-n2ccnc2)nc1. The van der Waals surface area contributed by atoms with Crippen LogP contribution in [0.15, 0.2) is 59.7 Å². The lowest BCUT2D eigenvalue weighted by molar-refractivity contribution is -0.138. The van der Waals surface area contributed by atoms with Gasteiger partial charge in [-0.05, 0) is 30.3 Å². The number of aromatic nitrogens is 3. The zero-order valence-electron chi connectivity index (χ0n) is 12.5. The van der Waals surface area contributed by atoms with Crippen molar-refractivity contribution in [3.05, 3.63) is 70.8 Å². The van der Waals surface area contributed by atoms with Crippen molar-refractivity contribution in [2.24, 2.45) is 0 Å². The minimum absolute atomic E-state index is 0.0409. The Labute approximate surface area is 148 Å². The Kier molecular flexibility index (Phi) is 4.58. The average Bonchev–Trinajstić information content (AvgIpc) is 3.10. The number of nitrogens with one attached hydrogen (secondary N) is 1. The molecule has 0 bridgehead atoms. The molecule has 1 N–H and O–H groups in total. The Morgan fingerprint density at radius 1 is 1.20 bits per heavy atom. The first-order chi connectivity index (χ1) is 11.8. The molecule has 1 aromatic carbocycles. The summed E-state index contributed by atoms with van der Waals surface area (Å²) in [6, 6.07) is 6.62. The van der Waals surface area contributed by atoms with Gasteiger partial charge in [-0.25, -0.2) is 9.97 Å². The Balaban J connectivity index is 1.78. The van der Waals surface area contributed by atoms with E-state index < -0.39 is 17.6 Å². The molecule has 0 atom stereocenters. The first-order valence-corrected chi connectivity index (χ1v) is 7.76. The number of benzene rings is 1. The molecular weight excluding hydrogens is 401 g/mol. The highest BCUT2D eigenvalue weighted by Crippen LogP contribution is 2.36. The maximum absolute atomic E-state index is 12.9. The maximum Gasteiger partial charge on any atom is 0.417 e. The smallest absolute Gasteiger partial charge is 0.322 e. The molecule has 9 heteroatoms. The van der Waals surface area contributed by atoms with Crippen LogP contribution in [0.1, 0.15) is 15.9 Å². The molecule has 0 saturated carbocycles. The molecule has 0 aliphatic rings. The van der Waals surface area contributed by atoms with Gasteiger partial charge in [0, 0.05) is 28.8 Å². The van der Waals surface area contributed by atoms with Crippen LogP contribution in [-0.2, 0) is 6.18 Å². The number of alkyl halides is 3. The van der Waals surface area contributed by atoms with Crippen LogP contribution in [-0.4, -0.2) is 20.4 Å². The fraction of sp³-hybridized carbons (Fsp3) is 0.0625. The topological polar surface area (TPSA) is 59.8 Å². The molecule has 0 radical (unpaired) electrons. The van der Waals surface area contributed by atoms with Gasteiger partial charge in [0.25, 0.3) is 5.91 Å². The first-order valence-electron chi connectivity index (χ1n) is 6.97. The van der Waals surface area contributed by atoms with E-state index in [1.54, 1.807) is 29.4 Å². The highest BCUT2D eigenvalue weighted by Gasteiger charge is 2.33. The van der Waals surface area contributed by atoms with Gasteiger partial charge in [-0.1, -0.05) is 15.9 Å². The second kappa shape index (κ2) is 6.67. The van der Waals surface area contributed by atoms with Gasteiger partial charge in [0.2, 0.25) is 0 Å². The zero-order valence-corrected chi connectivity index (χ0v) is 14.0. The molecule has 3 aromatic rings. The molecule has 0 saturated heterocycles. The fourth-order valence-corrected chi connectivity index (χ4v) is 2.56. The molecule has 0 fully saturated rings. The van der Waals surface area contributed by atoms with Gasteiger partial charge in [0.15, 0.2) is 0 Å². The van der Waals surface area contributed by atoms with Crippen LogP contribution < -0.4 is 5.32 Å². The molecular formula is C16H10BrF3N4O. The van der Waals surface area contributed by atoms with Gasteiger partial charge >= 0.3 is 6.18 Å². The van der Waals surface area contributed by atoms with Crippen LogP contribution in [0.5, 0.6) is 0 Å². The van der Waals surface area contributed by atoms with E-state index in [4.69, 9.17) is 0 Å². The summed E-state index contributed by atoms with van der Waals surface area (Å²) in [6.07, 6.45) is 1.67. The van der Waals surface area contributed by atoms with E-state index in [2.05, 4.69) is 31.2 Å². The number of carbonyl (C=O) groups excluding carboxylic acids is 1. The normalized spacial score (nSPS) is 11.4. The van der Waals surface area contributed by atoms with Gasteiger partial charge in [-0.2, -0.15) is 13.2 Å². The summed E-state index contributed by atoms with van der Waals surface area (Å²) in [7, 11) is 0. The second-order valence-electron chi connectivity index (χ2n) is 5.02. The Bertz CT molecular complexity index is 893. The van der Waals surface area contributed by atoms with Gasteiger partial charge in [0.1, 0.15) is 12.1 Å². The molecule has 0 aliphatic carbocycles. The fourth-order valence-electron chi connectivity index (χ4n) is 2.09. The van der Waals surface area contributed by atoms with Crippen molar-refractivity contribution in [3.8, 4) is 5.82 Å². The number of anilines is 1. The molecule has 25 heavy (non-hydrogen) atoms. The number of pyridine rings is 1. The lowest BCUT2D eigenvalue weighted by atomic mass is 10.2. The van der Waals surface area contributed by atoms with Crippen molar-refractivity contribution >= 4 is 27.5 Å². The summed E-state index contributed by atoms with van der Waals surface area (Å²) in [4.78, 5) is 20.2. The van der Waals surface area contributed by atoms with Gasteiger partial charge in [0.05, 0.1) is 11.1 Å². The van der Waals surface area contributed by atoms with Crippen molar-refractivity contribution in [1.82, 2.24) is 14.5 Å². The third kappa shape index (κ3) is 3.87. The average molecular weight is 411 g/mol. The Morgan fingerprint density at radius 2 is 2.00 bits per heavy atom. The molecule has 5 nitrogen and oxygen atoms in total. The van der Waals surface area contributed by atoms with Crippen molar-refractivity contribution in [3.63, 3.8) is 0 Å². The van der Waals surface area contributed by atoms with Crippen LogP contribution in [0.4, 0.5) is 18.9 Å². The standard InChI is InChI=1S/C16H10BrF3N4O/c17-13-3-2-11(7-12(13)16(18,19)20)23-15(25)10-1-4-14(22-8-10)24-6-5-21-9-24/h1-9H,(H,23,25). The van der Waals surface area contributed by atoms with Crippen LogP contribution in [0, 0.1) is 0 Å². The summed E-state index contributed by atoms with van der Waals surface area (Å²) in [6.45, 7) is 0. The minimum Gasteiger partial charge on any atom is -0.322 e. The number of nitrogens with zero attached hydrogens (tertiary/aromatic N) is 3. The van der Waals surface area contributed by atoms with Crippen molar-refractivity contribution < 1.29 is 18.0 Å². The number of hydrogen-bond donors (Lipinski definition) is 1. The third-order valence-corrected chi connectivity index (χ3v) is 4.00. The van der Waals surface area contributed by atoms with Gasteiger partial charge in [-0.3, -0.25) is 9.36 Å². The van der Waals surface area contributed by atoms with Gasteiger partial charge < -0.3 is 5.32 Å². The van der Waals surface area contributed by atoms with Crippen LogP contribution in [0.3, 0.4) is 0 Å². The predicted molar refractivity (Wildman–Crippen MR) is 88.5 cm³/mol. The van der Waals surface area contributed by atoms with E-state index in [0.29, 0.717) is 5.82 Å². The quantitative estimate of drug-likeness (QED) is 0.699. The summed E-state index contributed by atoms with van der Waals surface area (Å²) < 4.78 is 40.3. The zero-order chi connectivity index (χ0) is 18.0. The molecule has 1 amide bonds. The lowest BCUT2D eigenvalue weighted by Crippen LogP contribution is -2.14. The molecule has 0 aliphatic heterocycles. The predicted octanol–water partition coefficient (Wildman–Crippen LogP) is 4.30. The summed E-state index contributed by atoms with van der Waals surface area (Å²) >= 11 is 2.85. The van der Waals surface area contributed by atoms with E-state index in [1.807, 2.05) is 0 Å². The molecule has 0 unspecified atom stereocenters. The van der Waals surface area contributed by atoms with Crippen molar-refractivity contribution in [2.75, 3.05) is 5.32 Å². The highest BCUT2D eigenvalue weighted by molar-refractivity contribution is 9.10. The molecule has 128 valence electrons. The van der Waals surface area contributed by atoms with Crippen LogP contribution in [0.2, 0.25) is 0 Å². The number of imidazole rings is 1. The van der Waals surface area contributed by atoms with Crippen molar-refractivity contribution in [2.45, 2.75) is 6.18 Å². The minimum atomic E-state index is -4.52. The Morgan fingerprint density at radius 3 is 2.60 bits per heavy atom. The van der Waals surface area contributed by atoms with E-state index in [9.17, 15) is 18.0 Å². The molecule has 3 rings (SSSR count). The number of carbonyl (C=O) groups is 1. The number of halogens is 4. The van der Waals surface area contributed by atoms with Crippen LogP contribution >= 0.6 is 15.9 Å². The van der Waals surface area contributed by atoms with Crippen LogP contribution in [0.25, 0.3) is 5.82 Å². The second-order valence-corrected chi connectivity index (χ2v) is 5.88. The number of amides is 1. The molecule has 0 spiro atoms. The number of hydrogen-bond acceptors (Lipinski definition) is 3. The van der Waals surface area contributed by atoms with E-state index >= 15 is 0 Å². The van der Waals surface area contributed by atoms with E-state index in [1.165, 1.54) is 24.4 Å². The summed E-state index contributed by atoms with van der Waals surface area (Å²) in [5.74, 6) is 0.0113. The first kappa shape index (κ1) is 17.2. The molecule has 2 aromatic heterocycles.